The molecule has 0 radical (unpaired) electrons. The van der Waals surface area contributed by atoms with Crippen LogP contribution in [0.2, 0.25) is 0 Å². The monoisotopic (exact) mass is 454 g/mol. The van der Waals surface area contributed by atoms with Crippen LogP contribution in [-0.2, 0) is 6.42 Å². The maximum Gasteiger partial charge on any atom is 0.397 e. The van der Waals surface area contributed by atoms with Crippen LogP contribution in [0.1, 0.15) is 76.3 Å². The topological polar surface area (TPSA) is 9.23 Å². The second kappa shape index (κ2) is 10.7. The minimum atomic E-state index is -3.64. The molecular formula is C26H31F5O. The van der Waals surface area contributed by atoms with Gasteiger partial charge < -0.3 is 4.74 Å². The summed E-state index contributed by atoms with van der Waals surface area (Å²) in [4.78, 5) is 0. The molecule has 0 aromatic heterocycles. The Kier molecular flexibility index (Phi) is 8.18. The standard InChI is InChI=1S/C26H31F5O/c1-3-17-5-7-19(8-6-17)15-16-26(30,31)32-22-14-13-21(24(27)23(22)25(28)29)20-11-9-18(4-2)10-12-20/h9-14,17,19,25H,3-8,15-16H2,1-2H3. The van der Waals surface area contributed by atoms with E-state index in [1.807, 2.05) is 6.92 Å². The summed E-state index contributed by atoms with van der Waals surface area (Å²) in [5, 5.41) is 0. The van der Waals surface area contributed by atoms with Crippen molar-refractivity contribution in [2.24, 2.45) is 11.8 Å². The van der Waals surface area contributed by atoms with Gasteiger partial charge in [-0.2, -0.15) is 8.78 Å². The lowest BCUT2D eigenvalue weighted by Gasteiger charge is -2.29. The van der Waals surface area contributed by atoms with Crippen LogP contribution in [0, 0.1) is 17.7 Å². The van der Waals surface area contributed by atoms with Gasteiger partial charge in [-0.1, -0.05) is 70.2 Å². The Labute approximate surface area is 187 Å². The quantitative estimate of drug-likeness (QED) is 0.344. The van der Waals surface area contributed by atoms with Crippen LogP contribution in [0.25, 0.3) is 11.1 Å². The van der Waals surface area contributed by atoms with Gasteiger partial charge in [-0.3, -0.25) is 0 Å². The van der Waals surface area contributed by atoms with Crippen molar-refractivity contribution in [3.8, 4) is 16.9 Å². The van der Waals surface area contributed by atoms with Crippen LogP contribution in [0.3, 0.4) is 0 Å². The number of benzene rings is 2. The van der Waals surface area contributed by atoms with Gasteiger partial charge in [0.1, 0.15) is 11.6 Å². The van der Waals surface area contributed by atoms with Crippen molar-refractivity contribution >= 4 is 0 Å². The number of halogens is 5. The van der Waals surface area contributed by atoms with Gasteiger partial charge in [0.2, 0.25) is 0 Å². The van der Waals surface area contributed by atoms with Gasteiger partial charge in [0.25, 0.3) is 6.43 Å². The number of hydrogen-bond donors (Lipinski definition) is 0. The minimum Gasteiger partial charge on any atom is -0.432 e. The molecule has 0 saturated heterocycles. The summed E-state index contributed by atoms with van der Waals surface area (Å²) in [7, 11) is 0. The van der Waals surface area contributed by atoms with Gasteiger partial charge in [-0.15, -0.1) is 0 Å². The number of alkyl halides is 4. The Morgan fingerprint density at radius 1 is 0.938 bits per heavy atom. The normalized spacial score (nSPS) is 19.4. The fraction of sp³-hybridized carbons (Fsp3) is 0.538. The highest BCUT2D eigenvalue weighted by Crippen LogP contribution is 2.41. The SMILES string of the molecule is CCc1ccc(-c2ccc(OC(F)(F)CCC3CCC(CC)CC3)c(C(F)F)c2F)cc1. The van der Waals surface area contributed by atoms with E-state index in [4.69, 9.17) is 0 Å². The van der Waals surface area contributed by atoms with Crippen LogP contribution in [0.4, 0.5) is 22.0 Å². The van der Waals surface area contributed by atoms with E-state index in [0.717, 1.165) is 50.2 Å². The van der Waals surface area contributed by atoms with E-state index < -0.39 is 36.1 Å². The molecule has 176 valence electrons. The number of hydrogen-bond acceptors (Lipinski definition) is 1. The predicted molar refractivity (Wildman–Crippen MR) is 117 cm³/mol. The van der Waals surface area contributed by atoms with Crippen LogP contribution in [0.15, 0.2) is 36.4 Å². The predicted octanol–water partition coefficient (Wildman–Crippen LogP) is 8.96. The first-order valence-corrected chi connectivity index (χ1v) is 11.5. The molecule has 0 bridgehead atoms. The zero-order valence-corrected chi connectivity index (χ0v) is 18.7. The molecule has 0 aliphatic heterocycles. The highest BCUT2D eigenvalue weighted by molar-refractivity contribution is 5.67. The fourth-order valence-electron chi connectivity index (χ4n) is 4.52. The van der Waals surface area contributed by atoms with E-state index in [1.165, 1.54) is 6.07 Å². The minimum absolute atomic E-state index is 0.0636. The van der Waals surface area contributed by atoms with Gasteiger partial charge in [0.05, 0.1) is 12.0 Å². The summed E-state index contributed by atoms with van der Waals surface area (Å²) in [5.41, 5.74) is 0.241. The van der Waals surface area contributed by atoms with Gasteiger partial charge >= 0.3 is 6.11 Å². The zero-order valence-electron chi connectivity index (χ0n) is 18.7. The largest absolute Gasteiger partial charge is 0.432 e. The average molecular weight is 455 g/mol. The molecular weight excluding hydrogens is 423 g/mol. The highest BCUT2D eigenvalue weighted by Gasteiger charge is 2.36. The Bertz CT molecular complexity index is 871. The maximum absolute atomic E-state index is 15.0. The first kappa shape index (κ1) is 24.5. The van der Waals surface area contributed by atoms with Crippen molar-refractivity contribution in [1.82, 2.24) is 0 Å². The average Bonchev–Trinajstić information content (AvgIpc) is 2.78. The molecule has 6 heteroatoms. The van der Waals surface area contributed by atoms with E-state index in [2.05, 4.69) is 11.7 Å². The van der Waals surface area contributed by atoms with Crippen molar-refractivity contribution in [3.05, 3.63) is 53.3 Å². The fourth-order valence-corrected chi connectivity index (χ4v) is 4.52. The van der Waals surface area contributed by atoms with E-state index in [0.29, 0.717) is 11.5 Å². The molecule has 0 heterocycles. The van der Waals surface area contributed by atoms with E-state index >= 15 is 0 Å². The van der Waals surface area contributed by atoms with E-state index in [9.17, 15) is 22.0 Å². The third-order valence-electron chi connectivity index (χ3n) is 6.68. The van der Waals surface area contributed by atoms with Gasteiger partial charge in [-0.25, -0.2) is 13.2 Å². The summed E-state index contributed by atoms with van der Waals surface area (Å²) >= 11 is 0. The molecule has 0 amide bonds. The number of aryl methyl sites for hydroxylation is 1. The van der Waals surface area contributed by atoms with Crippen molar-refractivity contribution < 1.29 is 26.7 Å². The van der Waals surface area contributed by atoms with Crippen molar-refractivity contribution in [1.29, 1.82) is 0 Å². The lowest BCUT2D eigenvalue weighted by Crippen LogP contribution is -2.27. The molecule has 2 aromatic carbocycles. The van der Waals surface area contributed by atoms with Gasteiger partial charge in [0.15, 0.2) is 0 Å². The lowest BCUT2D eigenvalue weighted by molar-refractivity contribution is -0.184. The molecule has 1 aliphatic rings. The molecule has 0 spiro atoms. The van der Waals surface area contributed by atoms with E-state index in [1.54, 1.807) is 24.3 Å². The van der Waals surface area contributed by atoms with E-state index in [-0.39, 0.29) is 17.9 Å². The summed E-state index contributed by atoms with van der Waals surface area (Å²) in [6.45, 7) is 4.10. The summed E-state index contributed by atoms with van der Waals surface area (Å²) < 4.78 is 76.0. The van der Waals surface area contributed by atoms with Crippen LogP contribution >= 0.6 is 0 Å². The molecule has 1 nitrogen and oxygen atoms in total. The van der Waals surface area contributed by atoms with Crippen LogP contribution in [-0.4, -0.2) is 6.11 Å². The molecule has 3 rings (SSSR count). The van der Waals surface area contributed by atoms with Crippen LogP contribution in [0.5, 0.6) is 5.75 Å². The molecule has 1 saturated carbocycles. The summed E-state index contributed by atoms with van der Waals surface area (Å²) in [6, 6.07) is 9.07. The first-order valence-electron chi connectivity index (χ1n) is 11.5. The van der Waals surface area contributed by atoms with Crippen molar-refractivity contribution in [2.75, 3.05) is 0 Å². The summed E-state index contributed by atoms with van der Waals surface area (Å²) in [6.07, 6.45) is -1.46. The second-order valence-corrected chi connectivity index (χ2v) is 8.76. The molecule has 0 atom stereocenters. The Morgan fingerprint density at radius 3 is 2.12 bits per heavy atom. The molecule has 0 unspecified atom stereocenters. The molecule has 0 N–H and O–H groups in total. The Morgan fingerprint density at radius 2 is 1.56 bits per heavy atom. The first-order chi connectivity index (χ1) is 15.2. The lowest BCUT2D eigenvalue weighted by atomic mass is 9.79. The maximum atomic E-state index is 15.0. The smallest absolute Gasteiger partial charge is 0.397 e. The van der Waals surface area contributed by atoms with Gasteiger partial charge in [-0.05, 0) is 47.9 Å². The highest BCUT2D eigenvalue weighted by atomic mass is 19.3. The second-order valence-electron chi connectivity index (χ2n) is 8.76. The zero-order chi connectivity index (χ0) is 23.3. The molecule has 32 heavy (non-hydrogen) atoms. The molecule has 1 aliphatic carbocycles. The van der Waals surface area contributed by atoms with Crippen molar-refractivity contribution in [2.45, 2.75) is 77.7 Å². The third kappa shape index (κ3) is 6.02. The van der Waals surface area contributed by atoms with Crippen LogP contribution < -0.4 is 4.74 Å². The number of rotatable bonds is 9. The Hall–Kier alpha value is -2.11. The van der Waals surface area contributed by atoms with Gasteiger partial charge in [0, 0.05) is 5.56 Å². The Balaban J connectivity index is 1.74. The number of ether oxygens (including phenoxy) is 1. The summed E-state index contributed by atoms with van der Waals surface area (Å²) in [5.74, 6) is -1.18. The van der Waals surface area contributed by atoms with Crippen molar-refractivity contribution in [3.63, 3.8) is 0 Å². The molecule has 1 fully saturated rings. The third-order valence-corrected chi connectivity index (χ3v) is 6.68. The molecule has 2 aromatic rings.